The Hall–Kier alpha value is -0.470. The Kier molecular flexibility index (Phi) is 5.72. The number of rotatable bonds is 6. The van der Waals surface area contributed by atoms with Crippen LogP contribution in [0.1, 0.15) is 19.4 Å². The minimum Gasteiger partial charge on any atom is -0.314 e. The van der Waals surface area contributed by atoms with Crippen LogP contribution in [-0.4, -0.2) is 18.3 Å². The second-order valence-electron chi connectivity index (χ2n) is 3.65. The van der Waals surface area contributed by atoms with Gasteiger partial charge in [-0.1, -0.05) is 44.2 Å². The van der Waals surface area contributed by atoms with Gasteiger partial charge in [0.1, 0.15) is 0 Å². The Morgan fingerprint density at radius 1 is 1.21 bits per heavy atom. The molecule has 0 radical (unpaired) electrons. The monoisotopic (exact) mass is 209 g/mol. The van der Waals surface area contributed by atoms with Crippen molar-refractivity contribution in [2.75, 3.05) is 12.3 Å². The lowest BCUT2D eigenvalue weighted by atomic mass is 10.2. The van der Waals surface area contributed by atoms with Crippen molar-refractivity contribution in [1.29, 1.82) is 0 Å². The second kappa shape index (κ2) is 6.91. The van der Waals surface area contributed by atoms with E-state index in [1.54, 1.807) is 0 Å². The lowest BCUT2D eigenvalue weighted by Crippen LogP contribution is -2.24. The molecule has 0 aliphatic carbocycles. The van der Waals surface area contributed by atoms with E-state index in [0.717, 1.165) is 12.3 Å². The molecule has 0 spiro atoms. The van der Waals surface area contributed by atoms with Gasteiger partial charge in [0.2, 0.25) is 0 Å². The molecule has 2 heteroatoms. The predicted molar refractivity (Wildman–Crippen MR) is 65.7 cm³/mol. The van der Waals surface area contributed by atoms with Crippen molar-refractivity contribution < 1.29 is 0 Å². The summed E-state index contributed by atoms with van der Waals surface area (Å²) in [5.74, 6) is 2.31. The highest BCUT2D eigenvalue weighted by molar-refractivity contribution is 7.98. The van der Waals surface area contributed by atoms with Crippen molar-refractivity contribution in [3.8, 4) is 0 Å². The summed E-state index contributed by atoms with van der Waals surface area (Å²) in [6, 6.07) is 11.2. The summed E-state index contributed by atoms with van der Waals surface area (Å²) in [5.41, 5.74) is 1.42. The van der Waals surface area contributed by atoms with E-state index < -0.39 is 0 Å². The zero-order valence-corrected chi connectivity index (χ0v) is 9.81. The lowest BCUT2D eigenvalue weighted by molar-refractivity contribution is 0.616. The maximum atomic E-state index is 3.41. The highest BCUT2D eigenvalue weighted by Gasteiger charge is 1.93. The van der Waals surface area contributed by atoms with Crippen LogP contribution >= 0.6 is 11.8 Å². The number of hydrogen-bond donors (Lipinski definition) is 1. The van der Waals surface area contributed by atoms with Gasteiger partial charge in [0.25, 0.3) is 0 Å². The van der Waals surface area contributed by atoms with Gasteiger partial charge in [0, 0.05) is 24.1 Å². The average Bonchev–Trinajstić information content (AvgIpc) is 2.18. The number of hydrogen-bond acceptors (Lipinski definition) is 2. The Labute approximate surface area is 91.3 Å². The van der Waals surface area contributed by atoms with Crippen molar-refractivity contribution >= 4 is 11.8 Å². The molecule has 1 rings (SSSR count). The Balaban J connectivity index is 2.05. The van der Waals surface area contributed by atoms with E-state index in [2.05, 4.69) is 49.5 Å². The lowest BCUT2D eigenvalue weighted by Gasteiger charge is -2.07. The van der Waals surface area contributed by atoms with E-state index in [0.29, 0.717) is 6.04 Å². The predicted octanol–water partition coefficient (Wildman–Crippen LogP) is 2.92. The molecule has 0 fully saturated rings. The molecule has 0 amide bonds. The van der Waals surface area contributed by atoms with Crippen molar-refractivity contribution in [2.24, 2.45) is 0 Å². The second-order valence-corrected chi connectivity index (χ2v) is 4.75. The van der Waals surface area contributed by atoms with E-state index in [-0.39, 0.29) is 0 Å². The normalized spacial score (nSPS) is 10.8. The largest absolute Gasteiger partial charge is 0.314 e. The van der Waals surface area contributed by atoms with Crippen molar-refractivity contribution in [3.63, 3.8) is 0 Å². The Morgan fingerprint density at radius 3 is 2.57 bits per heavy atom. The van der Waals surface area contributed by atoms with Crippen LogP contribution < -0.4 is 5.32 Å². The maximum Gasteiger partial charge on any atom is 0.0185 e. The molecule has 1 N–H and O–H groups in total. The van der Waals surface area contributed by atoms with Gasteiger partial charge in [-0.15, -0.1) is 0 Å². The standard InChI is InChI=1S/C12H19NS/c1-11(2)13-8-9-14-10-12-6-4-3-5-7-12/h3-7,11,13H,8-10H2,1-2H3. The fourth-order valence-corrected chi connectivity index (χ4v) is 2.02. The number of nitrogens with one attached hydrogen (secondary N) is 1. The highest BCUT2D eigenvalue weighted by atomic mass is 32.2. The van der Waals surface area contributed by atoms with Gasteiger partial charge in [0.15, 0.2) is 0 Å². The number of benzene rings is 1. The Bertz CT molecular complexity index is 233. The smallest absolute Gasteiger partial charge is 0.0185 e. The van der Waals surface area contributed by atoms with Crippen LogP contribution in [0.25, 0.3) is 0 Å². The molecule has 0 aromatic heterocycles. The minimum atomic E-state index is 0.604. The first-order valence-corrected chi connectivity index (χ1v) is 6.29. The van der Waals surface area contributed by atoms with Gasteiger partial charge >= 0.3 is 0 Å². The third-order valence-corrected chi connectivity index (χ3v) is 2.94. The molecule has 0 unspecified atom stereocenters. The molecule has 0 aliphatic heterocycles. The molecule has 78 valence electrons. The zero-order valence-electron chi connectivity index (χ0n) is 8.99. The van der Waals surface area contributed by atoms with Gasteiger partial charge in [-0.25, -0.2) is 0 Å². The van der Waals surface area contributed by atoms with Crippen LogP contribution in [0, 0.1) is 0 Å². The fourth-order valence-electron chi connectivity index (χ4n) is 1.18. The summed E-state index contributed by atoms with van der Waals surface area (Å²) in [4.78, 5) is 0. The SMILES string of the molecule is CC(C)NCCSCc1ccccc1. The van der Waals surface area contributed by atoms with Gasteiger partial charge in [0.05, 0.1) is 0 Å². The van der Waals surface area contributed by atoms with E-state index in [1.165, 1.54) is 11.3 Å². The molecule has 1 aromatic carbocycles. The van der Waals surface area contributed by atoms with E-state index in [9.17, 15) is 0 Å². The molecule has 0 atom stereocenters. The first-order chi connectivity index (χ1) is 6.79. The highest BCUT2D eigenvalue weighted by Crippen LogP contribution is 2.10. The summed E-state index contributed by atoms with van der Waals surface area (Å²) < 4.78 is 0. The van der Waals surface area contributed by atoms with Crippen LogP contribution in [0.3, 0.4) is 0 Å². The summed E-state index contributed by atoms with van der Waals surface area (Å²) in [6.07, 6.45) is 0. The first kappa shape index (κ1) is 11.6. The van der Waals surface area contributed by atoms with Crippen LogP contribution in [0.15, 0.2) is 30.3 Å². The summed E-state index contributed by atoms with van der Waals surface area (Å²) in [7, 11) is 0. The molecule has 0 saturated carbocycles. The van der Waals surface area contributed by atoms with Gasteiger partial charge in [-0.2, -0.15) is 11.8 Å². The molecule has 1 nitrogen and oxygen atoms in total. The molecule has 0 heterocycles. The van der Waals surface area contributed by atoms with E-state index in [1.807, 2.05) is 11.8 Å². The molecule has 1 aromatic rings. The maximum absolute atomic E-state index is 3.41. The first-order valence-electron chi connectivity index (χ1n) is 5.14. The number of thioether (sulfide) groups is 1. The summed E-state index contributed by atoms with van der Waals surface area (Å²) in [6.45, 7) is 5.47. The topological polar surface area (TPSA) is 12.0 Å². The van der Waals surface area contributed by atoms with Crippen LogP contribution in [-0.2, 0) is 5.75 Å². The molecule has 0 saturated heterocycles. The third-order valence-electron chi connectivity index (χ3n) is 1.91. The van der Waals surface area contributed by atoms with Crippen molar-refractivity contribution in [2.45, 2.75) is 25.6 Å². The van der Waals surface area contributed by atoms with Crippen LogP contribution in [0.5, 0.6) is 0 Å². The van der Waals surface area contributed by atoms with Crippen LogP contribution in [0.4, 0.5) is 0 Å². The van der Waals surface area contributed by atoms with Gasteiger partial charge < -0.3 is 5.32 Å². The van der Waals surface area contributed by atoms with E-state index in [4.69, 9.17) is 0 Å². The molecular weight excluding hydrogens is 190 g/mol. The fraction of sp³-hybridized carbons (Fsp3) is 0.500. The average molecular weight is 209 g/mol. The summed E-state index contributed by atoms with van der Waals surface area (Å²) >= 11 is 1.99. The summed E-state index contributed by atoms with van der Waals surface area (Å²) in [5, 5.41) is 3.41. The minimum absolute atomic E-state index is 0.604. The van der Waals surface area contributed by atoms with Gasteiger partial charge in [-0.05, 0) is 5.56 Å². The van der Waals surface area contributed by atoms with Crippen molar-refractivity contribution in [3.05, 3.63) is 35.9 Å². The molecule has 0 bridgehead atoms. The van der Waals surface area contributed by atoms with E-state index >= 15 is 0 Å². The van der Waals surface area contributed by atoms with Gasteiger partial charge in [-0.3, -0.25) is 0 Å². The molecule has 14 heavy (non-hydrogen) atoms. The molecular formula is C12H19NS. The quantitative estimate of drug-likeness (QED) is 0.723. The Morgan fingerprint density at radius 2 is 1.93 bits per heavy atom. The van der Waals surface area contributed by atoms with Crippen molar-refractivity contribution in [1.82, 2.24) is 5.32 Å². The third kappa shape index (κ3) is 5.30. The molecule has 0 aliphatic rings. The van der Waals surface area contributed by atoms with Crippen LogP contribution in [0.2, 0.25) is 0 Å². The zero-order chi connectivity index (χ0) is 10.2.